The minimum absolute atomic E-state index is 0.0215. The number of rotatable bonds is 1. The van der Waals surface area contributed by atoms with Crippen molar-refractivity contribution in [1.82, 2.24) is 0 Å². The van der Waals surface area contributed by atoms with E-state index in [4.69, 9.17) is 5.11 Å². The van der Waals surface area contributed by atoms with Gasteiger partial charge >= 0.3 is 0 Å². The second-order valence-electron chi connectivity index (χ2n) is 6.09. The standard InChI is InChI=1S/C14H19FO/c1-13(2)8-14(3,4)11-6-12(15)9(7-16)5-10(11)13/h5-6,16H,7-8H2,1-4H3. The summed E-state index contributed by atoms with van der Waals surface area (Å²) in [7, 11) is 0. The summed E-state index contributed by atoms with van der Waals surface area (Å²) in [5, 5.41) is 9.11. The maximum atomic E-state index is 13.7. The predicted molar refractivity (Wildman–Crippen MR) is 63.0 cm³/mol. The molecule has 0 amide bonds. The third-order valence-electron chi connectivity index (χ3n) is 3.70. The van der Waals surface area contributed by atoms with Crippen LogP contribution in [0.1, 0.15) is 50.8 Å². The van der Waals surface area contributed by atoms with Gasteiger partial charge in [-0.1, -0.05) is 27.7 Å². The Bertz CT molecular complexity index is 433. The number of hydrogen-bond acceptors (Lipinski definition) is 1. The first-order chi connectivity index (χ1) is 7.28. The molecule has 0 spiro atoms. The summed E-state index contributed by atoms with van der Waals surface area (Å²) in [6.45, 7) is 8.44. The Morgan fingerprint density at radius 1 is 1.12 bits per heavy atom. The fraction of sp³-hybridized carbons (Fsp3) is 0.571. The summed E-state index contributed by atoms with van der Waals surface area (Å²) in [4.78, 5) is 0. The topological polar surface area (TPSA) is 20.2 Å². The van der Waals surface area contributed by atoms with E-state index >= 15 is 0 Å². The van der Waals surface area contributed by atoms with E-state index in [0.717, 1.165) is 12.0 Å². The summed E-state index contributed by atoms with van der Waals surface area (Å²) < 4.78 is 13.7. The zero-order valence-electron chi connectivity index (χ0n) is 10.4. The monoisotopic (exact) mass is 222 g/mol. The van der Waals surface area contributed by atoms with Crippen molar-refractivity contribution in [2.45, 2.75) is 51.6 Å². The summed E-state index contributed by atoms with van der Waals surface area (Å²) in [6, 6.07) is 3.44. The van der Waals surface area contributed by atoms with E-state index in [2.05, 4.69) is 27.7 Å². The Hall–Kier alpha value is -0.890. The minimum Gasteiger partial charge on any atom is -0.392 e. The molecule has 0 unspecified atom stereocenters. The molecule has 88 valence electrons. The van der Waals surface area contributed by atoms with E-state index in [-0.39, 0.29) is 23.3 Å². The van der Waals surface area contributed by atoms with Crippen LogP contribution in [0.3, 0.4) is 0 Å². The minimum atomic E-state index is -0.285. The van der Waals surface area contributed by atoms with Gasteiger partial charge in [0, 0.05) is 5.56 Å². The molecule has 2 heteroatoms. The predicted octanol–water partition coefficient (Wildman–Crippen LogP) is 3.28. The van der Waals surface area contributed by atoms with Gasteiger partial charge in [0.05, 0.1) is 6.61 Å². The van der Waals surface area contributed by atoms with Crippen molar-refractivity contribution in [3.8, 4) is 0 Å². The average molecular weight is 222 g/mol. The fourth-order valence-corrected chi connectivity index (χ4v) is 3.15. The summed E-state index contributed by atoms with van der Waals surface area (Å²) in [6.07, 6.45) is 1.02. The lowest BCUT2D eigenvalue weighted by Crippen LogP contribution is -2.18. The van der Waals surface area contributed by atoms with E-state index in [9.17, 15) is 4.39 Å². The zero-order chi connectivity index (χ0) is 12.1. The Morgan fingerprint density at radius 2 is 1.62 bits per heavy atom. The van der Waals surface area contributed by atoms with E-state index < -0.39 is 0 Å². The molecule has 0 fully saturated rings. The lowest BCUT2D eigenvalue weighted by atomic mass is 9.82. The lowest BCUT2D eigenvalue weighted by Gasteiger charge is -2.22. The Labute approximate surface area is 96.3 Å². The summed E-state index contributed by atoms with van der Waals surface area (Å²) in [5.41, 5.74) is 2.77. The van der Waals surface area contributed by atoms with Gasteiger partial charge in [0.1, 0.15) is 5.82 Å². The number of halogens is 1. The first-order valence-electron chi connectivity index (χ1n) is 5.72. The van der Waals surface area contributed by atoms with Gasteiger partial charge < -0.3 is 5.11 Å². The van der Waals surface area contributed by atoms with Gasteiger partial charge in [-0.2, -0.15) is 0 Å². The Balaban J connectivity index is 2.67. The van der Waals surface area contributed by atoms with E-state index in [1.807, 2.05) is 6.07 Å². The molecule has 2 rings (SSSR count). The third kappa shape index (κ3) is 1.56. The van der Waals surface area contributed by atoms with Crippen molar-refractivity contribution in [3.63, 3.8) is 0 Å². The highest BCUT2D eigenvalue weighted by Crippen LogP contribution is 2.49. The van der Waals surface area contributed by atoms with Gasteiger partial charge in [-0.3, -0.25) is 0 Å². The summed E-state index contributed by atoms with van der Waals surface area (Å²) in [5.74, 6) is -0.285. The van der Waals surface area contributed by atoms with Gasteiger partial charge in [0.2, 0.25) is 0 Å². The first kappa shape index (κ1) is 11.6. The molecule has 1 nitrogen and oxygen atoms in total. The highest BCUT2D eigenvalue weighted by atomic mass is 19.1. The van der Waals surface area contributed by atoms with Crippen molar-refractivity contribution in [3.05, 3.63) is 34.6 Å². The maximum absolute atomic E-state index is 13.7. The van der Waals surface area contributed by atoms with E-state index in [1.165, 1.54) is 5.56 Å². The first-order valence-corrected chi connectivity index (χ1v) is 5.72. The molecule has 0 heterocycles. The Morgan fingerprint density at radius 3 is 2.12 bits per heavy atom. The van der Waals surface area contributed by atoms with Crippen LogP contribution in [-0.2, 0) is 17.4 Å². The molecule has 1 aliphatic rings. The molecule has 1 aromatic carbocycles. The average Bonchev–Trinajstić information content (AvgIpc) is 2.31. The second kappa shape index (κ2) is 3.30. The molecule has 0 aromatic heterocycles. The molecule has 16 heavy (non-hydrogen) atoms. The SMILES string of the molecule is CC1(C)CC(C)(C)c2cc(CO)c(F)cc21. The largest absolute Gasteiger partial charge is 0.392 e. The van der Waals surface area contributed by atoms with E-state index in [0.29, 0.717) is 5.56 Å². The summed E-state index contributed by atoms with van der Waals surface area (Å²) >= 11 is 0. The number of fused-ring (bicyclic) bond motifs is 1. The fourth-order valence-electron chi connectivity index (χ4n) is 3.15. The van der Waals surface area contributed by atoms with Crippen LogP contribution in [0.25, 0.3) is 0 Å². The van der Waals surface area contributed by atoms with Crippen LogP contribution in [0.15, 0.2) is 12.1 Å². The second-order valence-corrected chi connectivity index (χ2v) is 6.09. The van der Waals surface area contributed by atoms with E-state index in [1.54, 1.807) is 6.07 Å². The number of aliphatic hydroxyl groups excluding tert-OH is 1. The molecule has 0 saturated carbocycles. The van der Waals surface area contributed by atoms with Gasteiger partial charge in [0.25, 0.3) is 0 Å². The quantitative estimate of drug-likeness (QED) is 0.773. The number of benzene rings is 1. The smallest absolute Gasteiger partial charge is 0.129 e. The molecular formula is C14H19FO. The van der Waals surface area contributed by atoms with Crippen molar-refractivity contribution in [2.24, 2.45) is 0 Å². The zero-order valence-corrected chi connectivity index (χ0v) is 10.4. The number of hydrogen-bond donors (Lipinski definition) is 1. The van der Waals surface area contributed by atoms with Crippen molar-refractivity contribution < 1.29 is 9.50 Å². The van der Waals surface area contributed by atoms with Crippen molar-refractivity contribution in [2.75, 3.05) is 0 Å². The van der Waals surface area contributed by atoms with Gasteiger partial charge in [0.15, 0.2) is 0 Å². The normalized spacial score (nSPS) is 20.9. The molecule has 1 aliphatic carbocycles. The molecule has 0 bridgehead atoms. The van der Waals surface area contributed by atoms with Gasteiger partial charge in [-0.15, -0.1) is 0 Å². The molecule has 0 saturated heterocycles. The highest BCUT2D eigenvalue weighted by Gasteiger charge is 2.42. The van der Waals surface area contributed by atoms with Crippen LogP contribution in [0.5, 0.6) is 0 Å². The molecule has 0 atom stereocenters. The van der Waals surface area contributed by atoms with Gasteiger partial charge in [-0.05, 0) is 40.5 Å². The molecule has 0 radical (unpaired) electrons. The van der Waals surface area contributed by atoms with Crippen LogP contribution in [-0.4, -0.2) is 5.11 Å². The highest BCUT2D eigenvalue weighted by molar-refractivity contribution is 5.46. The van der Waals surface area contributed by atoms with Crippen LogP contribution >= 0.6 is 0 Å². The van der Waals surface area contributed by atoms with Crippen molar-refractivity contribution >= 4 is 0 Å². The van der Waals surface area contributed by atoms with Gasteiger partial charge in [-0.25, -0.2) is 4.39 Å². The van der Waals surface area contributed by atoms with Crippen LogP contribution in [0.4, 0.5) is 4.39 Å². The molecular weight excluding hydrogens is 203 g/mol. The molecule has 0 aliphatic heterocycles. The third-order valence-corrected chi connectivity index (χ3v) is 3.70. The Kier molecular flexibility index (Phi) is 2.39. The number of aliphatic hydroxyl groups is 1. The van der Waals surface area contributed by atoms with Crippen LogP contribution in [0.2, 0.25) is 0 Å². The van der Waals surface area contributed by atoms with Crippen molar-refractivity contribution in [1.29, 1.82) is 0 Å². The van der Waals surface area contributed by atoms with Crippen LogP contribution < -0.4 is 0 Å². The maximum Gasteiger partial charge on any atom is 0.129 e. The molecule has 1 N–H and O–H groups in total. The lowest BCUT2D eigenvalue weighted by molar-refractivity contribution is 0.275. The van der Waals surface area contributed by atoms with Crippen LogP contribution in [0, 0.1) is 5.82 Å². The molecule has 1 aromatic rings.